The molecular weight excluding hydrogens is 258 g/mol. The van der Waals surface area contributed by atoms with Gasteiger partial charge in [0.25, 0.3) is 0 Å². The van der Waals surface area contributed by atoms with Gasteiger partial charge < -0.3 is 9.80 Å². The average molecular weight is 281 g/mol. The number of hydrogen-bond acceptors (Lipinski definition) is 4. The van der Waals surface area contributed by atoms with Gasteiger partial charge >= 0.3 is 0 Å². The Labute approximate surface area is 119 Å². The van der Waals surface area contributed by atoms with Crippen molar-refractivity contribution in [2.75, 3.05) is 20.6 Å². The second kappa shape index (κ2) is 6.03. The number of nitrogens with zero attached hydrogens (tertiary/aromatic N) is 2. The van der Waals surface area contributed by atoms with Gasteiger partial charge in [-0.2, -0.15) is 0 Å². The molecule has 1 N–H and O–H groups in total. The van der Waals surface area contributed by atoms with Crippen LogP contribution in [0.15, 0.2) is 17.5 Å². The highest BCUT2D eigenvalue weighted by atomic mass is 32.1. The molecule has 3 atom stereocenters. The lowest BCUT2D eigenvalue weighted by molar-refractivity contribution is -0.130. The molecule has 1 saturated heterocycles. The van der Waals surface area contributed by atoms with E-state index in [0.717, 1.165) is 13.0 Å². The maximum Gasteiger partial charge on any atom is 0.241 e. The second-order valence-corrected chi connectivity index (χ2v) is 6.33. The quantitative estimate of drug-likeness (QED) is 0.895. The fraction of sp³-hybridized carbons (Fsp3) is 0.643. The number of likely N-dealkylation sites (N-methyl/N-ethyl adjacent to an activating group) is 1. The lowest BCUT2D eigenvalue weighted by Crippen LogP contribution is -2.41. The number of rotatable bonds is 5. The SMILES string of the molecule is CCC1NC(c2cccs2)N(CC(C)N(C)C)C1=O. The zero-order valence-corrected chi connectivity index (χ0v) is 12.9. The first-order valence-corrected chi connectivity index (χ1v) is 7.69. The number of amides is 1. The van der Waals surface area contributed by atoms with Gasteiger partial charge in [-0.1, -0.05) is 13.0 Å². The molecule has 1 aromatic rings. The Morgan fingerprint density at radius 1 is 1.53 bits per heavy atom. The standard InChI is InChI=1S/C14H23N3OS/c1-5-11-14(18)17(9-10(2)16(3)4)13(15-11)12-7-6-8-19-12/h6-8,10-11,13,15H,5,9H2,1-4H3. The van der Waals surface area contributed by atoms with Gasteiger partial charge in [0.2, 0.25) is 5.91 Å². The van der Waals surface area contributed by atoms with E-state index in [-0.39, 0.29) is 18.1 Å². The fourth-order valence-corrected chi connectivity index (χ4v) is 3.09. The fourth-order valence-electron chi connectivity index (χ4n) is 2.30. The van der Waals surface area contributed by atoms with Crippen LogP contribution in [0.1, 0.15) is 31.3 Å². The van der Waals surface area contributed by atoms with Crippen LogP contribution >= 0.6 is 11.3 Å². The number of hydrogen-bond donors (Lipinski definition) is 1. The van der Waals surface area contributed by atoms with Crippen molar-refractivity contribution in [2.45, 2.75) is 38.5 Å². The summed E-state index contributed by atoms with van der Waals surface area (Å²) >= 11 is 1.70. The van der Waals surface area contributed by atoms with E-state index in [4.69, 9.17) is 0 Å². The molecule has 1 fully saturated rings. The Morgan fingerprint density at radius 2 is 2.26 bits per heavy atom. The lowest BCUT2D eigenvalue weighted by Gasteiger charge is -2.29. The summed E-state index contributed by atoms with van der Waals surface area (Å²) < 4.78 is 0. The highest BCUT2D eigenvalue weighted by Crippen LogP contribution is 2.29. The van der Waals surface area contributed by atoms with Crippen LogP contribution in [-0.2, 0) is 4.79 Å². The summed E-state index contributed by atoms with van der Waals surface area (Å²) in [5.41, 5.74) is 0. The lowest BCUT2D eigenvalue weighted by atomic mass is 10.2. The van der Waals surface area contributed by atoms with Crippen LogP contribution < -0.4 is 5.32 Å². The minimum Gasteiger partial charge on any atom is -0.319 e. The number of carbonyl (C=O) groups is 1. The van der Waals surface area contributed by atoms with Gasteiger partial charge in [-0.3, -0.25) is 10.1 Å². The molecule has 1 amide bonds. The molecule has 1 aliphatic heterocycles. The predicted octanol–water partition coefficient (Wildman–Crippen LogP) is 1.91. The minimum absolute atomic E-state index is 0.0403. The summed E-state index contributed by atoms with van der Waals surface area (Å²) in [6.45, 7) is 4.97. The van der Waals surface area contributed by atoms with Crippen LogP contribution in [0.2, 0.25) is 0 Å². The summed E-state index contributed by atoms with van der Waals surface area (Å²) in [6.07, 6.45) is 0.882. The summed E-state index contributed by atoms with van der Waals surface area (Å²) in [5, 5.41) is 5.52. The van der Waals surface area contributed by atoms with Crippen molar-refractivity contribution in [1.82, 2.24) is 15.1 Å². The number of carbonyl (C=O) groups excluding carboxylic acids is 1. The molecule has 4 nitrogen and oxygen atoms in total. The van der Waals surface area contributed by atoms with Crippen molar-refractivity contribution in [3.05, 3.63) is 22.4 Å². The smallest absolute Gasteiger partial charge is 0.241 e. The van der Waals surface area contributed by atoms with Gasteiger partial charge in [0, 0.05) is 17.5 Å². The van der Waals surface area contributed by atoms with Gasteiger partial charge in [0.15, 0.2) is 0 Å². The van der Waals surface area contributed by atoms with Crippen LogP contribution in [-0.4, -0.2) is 48.4 Å². The largest absolute Gasteiger partial charge is 0.319 e. The summed E-state index contributed by atoms with van der Waals surface area (Å²) in [5.74, 6) is 0.231. The first-order valence-electron chi connectivity index (χ1n) is 6.81. The van der Waals surface area contributed by atoms with E-state index in [9.17, 15) is 4.79 Å². The van der Waals surface area contributed by atoms with Crippen LogP contribution in [0.4, 0.5) is 0 Å². The van der Waals surface area contributed by atoms with E-state index in [0.29, 0.717) is 6.04 Å². The molecule has 5 heteroatoms. The Hall–Kier alpha value is -0.910. The summed E-state index contributed by atoms with van der Waals surface area (Å²) in [6, 6.07) is 4.45. The second-order valence-electron chi connectivity index (χ2n) is 5.35. The van der Waals surface area contributed by atoms with Crippen LogP contribution in [0.3, 0.4) is 0 Å². The number of thiophene rings is 1. The third-order valence-electron chi connectivity index (χ3n) is 3.82. The van der Waals surface area contributed by atoms with Crippen LogP contribution in [0.25, 0.3) is 0 Å². The van der Waals surface area contributed by atoms with Crippen molar-refractivity contribution < 1.29 is 4.79 Å². The zero-order valence-electron chi connectivity index (χ0n) is 12.1. The molecule has 0 aliphatic carbocycles. The van der Waals surface area contributed by atoms with Crippen LogP contribution in [0, 0.1) is 0 Å². The molecule has 1 aliphatic rings. The predicted molar refractivity (Wildman–Crippen MR) is 79.1 cm³/mol. The van der Waals surface area contributed by atoms with E-state index in [1.807, 2.05) is 11.0 Å². The Balaban J connectivity index is 2.18. The first-order chi connectivity index (χ1) is 9.04. The molecule has 0 radical (unpaired) electrons. The van der Waals surface area contributed by atoms with Gasteiger partial charge in [-0.15, -0.1) is 11.3 Å². The molecule has 19 heavy (non-hydrogen) atoms. The maximum absolute atomic E-state index is 12.4. The van der Waals surface area contributed by atoms with E-state index in [1.54, 1.807) is 11.3 Å². The van der Waals surface area contributed by atoms with Gasteiger partial charge in [0.05, 0.1) is 6.04 Å². The molecule has 0 spiro atoms. The Bertz CT molecular complexity index is 418. The van der Waals surface area contributed by atoms with Gasteiger partial charge in [0.1, 0.15) is 6.17 Å². The molecule has 3 unspecified atom stereocenters. The third kappa shape index (κ3) is 2.99. The summed E-state index contributed by atoms with van der Waals surface area (Å²) in [4.78, 5) is 17.8. The molecule has 2 heterocycles. The Morgan fingerprint density at radius 3 is 2.79 bits per heavy atom. The first kappa shape index (κ1) is 14.5. The topological polar surface area (TPSA) is 35.6 Å². The van der Waals surface area contributed by atoms with Crippen molar-refractivity contribution in [3.8, 4) is 0 Å². The van der Waals surface area contributed by atoms with Gasteiger partial charge in [-0.25, -0.2) is 0 Å². The average Bonchev–Trinajstić information content (AvgIpc) is 2.99. The molecule has 1 aromatic heterocycles. The van der Waals surface area contributed by atoms with Gasteiger partial charge in [-0.05, 0) is 38.9 Å². The highest BCUT2D eigenvalue weighted by molar-refractivity contribution is 7.10. The molecule has 0 bridgehead atoms. The van der Waals surface area contributed by atoms with Crippen molar-refractivity contribution >= 4 is 17.2 Å². The molecular formula is C14H23N3OS. The van der Waals surface area contributed by atoms with E-state index in [2.05, 4.69) is 49.6 Å². The Kier molecular flexibility index (Phi) is 4.60. The van der Waals surface area contributed by atoms with E-state index in [1.165, 1.54) is 4.88 Å². The van der Waals surface area contributed by atoms with E-state index < -0.39 is 0 Å². The number of nitrogens with one attached hydrogen (secondary N) is 1. The van der Waals surface area contributed by atoms with Crippen molar-refractivity contribution in [1.29, 1.82) is 0 Å². The molecule has 0 aromatic carbocycles. The molecule has 2 rings (SSSR count). The minimum atomic E-state index is -0.0403. The van der Waals surface area contributed by atoms with Crippen LogP contribution in [0.5, 0.6) is 0 Å². The maximum atomic E-state index is 12.4. The third-order valence-corrected chi connectivity index (χ3v) is 4.74. The summed E-state index contributed by atoms with van der Waals surface area (Å²) in [7, 11) is 4.10. The normalized spacial score (nSPS) is 25.3. The van der Waals surface area contributed by atoms with E-state index >= 15 is 0 Å². The van der Waals surface area contributed by atoms with Crippen molar-refractivity contribution in [3.63, 3.8) is 0 Å². The molecule has 106 valence electrons. The highest BCUT2D eigenvalue weighted by Gasteiger charge is 2.39. The monoisotopic (exact) mass is 281 g/mol. The zero-order chi connectivity index (χ0) is 14.0. The van der Waals surface area contributed by atoms with Crippen molar-refractivity contribution in [2.24, 2.45) is 0 Å². The molecule has 0 saturated carbocycles.